The van der Waals surface area contributed by atoms with Crippen molar-refractivity contribution < 1.29 is 9.90 Å². The molecule has 1 aliphatic carbocycles. The molecule has 1 saturated carbocycles. The number of aliphatic hydroxyl groups excluding tert-OH is 1. The molecule has 3 aromatic rings. The van der Waals surface area contributed by atoms with Crippen molar-refractivity contribution in [2.24, 2.45) is 0 Å². The summed E-state index contributed by atoms with van der Waals surface area (Å²) in [5.74, 6) is -0.156. The summed E-state index contributed by atoms with van der Waals surface area (Å²) in [6.07, 6.45) is 5.55. The van der Waals surface area contributed by atoms with Crippen molar-refractivity contribution in [1.82, 2.24) is 10.3 Å². The third-order valence-corrected chi connectivity index (χ3v) is 5.68. The fraction of sp³-hybridized carbons (Fsp3) is 0.318. The van der Waals surface area contributed by atoms with Crippen molar-refractivity contribution in [3.63, 3.8) is 0 Å². The highest BCUT2D eigenvalue weighted by molar-refractivity contribution is 6.06. The van der Waals surface area contributed by atoms with Crippen LogP contribution in [0, 0.1) is 6.92 Å². The van der Waals surface area contributed by atoms with E-state index in [4.69, 9.17) is 5.11 Å². The molecular formula is C22H24N2O2. The Morgan fingerprint density at radius 2 is 1.96 bits per heavy atom. The van der Waals surface area contributed by atoms with Crippen LogP contribution in [-0.2, 0) is 5.41 Å². The zero-order chi connectivity index (χ0) is 18.1. The number of nitrogens with one attached hydrogen (secondary N) is 2. The summed E-state index contributed by atoms with van der Waals surface area (Å²) >= 11 is 0. The van der Waals surface area contributed by atoms with Crippen molar-refractivity contribution in [2.75, 3.05) is 13.2 Å². The Balaban J connectivity index is 1.80. The van der Waals surface area contributed by atoms with Gasteiger partial charge >= 0.3 is 0 Å². The highest BCUT2D eigenvalue weighted by Gasteiger charge is 2.42. The standard InChI is InChI=1S/C22H24N2O2/c1-15-6-8-16(9-7-15)22(10-3-11-22)19-14-24-20-17(19)4-2-5-18(20)21(26)23-12-13-25/h2,4-9,14,24-25H,3,10-13H2,1H3,(H,23,26). The summed E-state index contributed by atoms with van der Waals surface area (Å²) in [5.41, 5.74) is 5.43. The highest BCUT2D eigenvalue weighted by atomic mass is 16.3. The summed E-state index contributed by atoms with van der Waals surface area (Å²) in [5, 5.41) is 12.8. The normalized spacial score (nSPS) is 15.6. The van der Waals surface area contributed by atoms with Crippen molar-refractivity contribution in [1.29, 1.82) is 0 Å². The van der Waals surface area contributed by atoms with Gasteiger partial charge in [0.2, 0.25) is 0 Å². The van der Waals surface area contributed by atoms with E-state index < -0.39 is 0 Å². The SMILES string of the molecule is Cc1ccc(C2(c3c[nH]c4c(C(=O)NCCO)cccc34)CCC2)cc1. The fourth-order valence-electron chi connectivity index (χ4n) is 4.12. The first kappa shape index (κ1) is 16.9. The van der Waals surface area contributed by atoms with Crippen LogP contribution in [0.2, 0.25) is 0 Å². The number of aryl methyl sites for hydroxylation is 1. The second-order valence-corrected chi connectivity index (χ2v) is 7.21. The van der Waals surface area contributed by atoms with E-state index in [2.05, 4.69) is 53.8 Å². The summed E-state index contributed by atoms with van der Waals surface area (Å²) < 4.78 is 0. The number of carbonyl (C=O) groups excluding carboxylic acids is 1. The van der Waals surface area contributed by atoms with E-state index >= 15 is 0 Å². The van der Waals surface area contributed by atoms with Gasteiger partial charge in [-0.1, -0.05) is 48.4 Å². The molecule has 0 unspecified atom stereocenters. The Kier molecular flexibility index (Phi) is 4.29. The molecule has 0 atom stereocenters. The number of para-hydroxylation sites is 1. The first-order valence-electron chi connectivity index (χ1n) is 9.22. The van der Waals surface area contributed by atoms with Crippen molar-refractivity contribution in [3.8, 4) is 0 Å². The lowest BCUT2D eigenvalue weighted by Gasteiger charge is -2.42. The fourth-order valence-corrected chi connectivity index (χ4v) is 4.12. The third-order valence-electron chi connectivity index (χ3n) is 5.68. The lowest BCUT2D eigenvalue weighted by Crippen LogP contribution is -2.35. The van der Waals surface area contributed by atoms with Gasteiger partial charge in [-0.15, -0.1) is 0 Å². The predicted octanol–water partition coefficient (Wildman–Crippen LogP) is 3.67. The molecule has 1 aliphatic rings. The van der Waals surface area contributed by atoms with Gasteiger partial charge < -0.3 is 15.4 Å². The van der Waals surface area contributed by atoms with Crippen LogP contribution in [0.1, 0.15) is 46.3 Å². The monoisotopic (exact) mass is 348 g/mol. The van der Waals surface area contributed by atoms with Crippen LogP contribution < -0.4 is 5.32 Å². The maximum absolute atomic E-state index is 12.4. The van der Waals surface area contributed by atoms with E-state index in [1.165, 1.54) is 23.1 Å². The average Bonchev–Trinajstić information content (AvgIpc) is 3.05. The van der Waals surface area contributed by atoms with E-state index in [0.29, 0.717) is 5.56 Å². The van der Waals surface area contributed by atoms with Crippen LogP contribution >= 0.6 is 0 Å². The Hall–Kier alpha value is -2.59. The quantitative estimate of drug-likeness (QED) is 0.659. The van der Waals surface area contributed by atoms with E-state index in [1.807, 2.05) is 12.1 Å². The van der Waals surface area contributed by atoms with Crippen LogP contribution in [0.5, 0.6) is 0 Å². The zero-order valence-electron chi connectivity index (χ0n) is 15.0. The maximum Gasteiger partial charge on any atom is 0.253 e. The number of hydrogen-bond acceptors (Lipinski definition) is 2. The molecule has 1 fully saturated rings. The zero-order valence-corrected chi connectivity index (χ0v) is 15.0. The Morgan fingerprint density at radius 3 is 2.62 bits per heavy atom. The molecule has 0 bridgehead atoms. The van der Waals surface area contributed by atoms with Gasteiger partial charge in [0.25, 0.3) is 5.91 Å². The first-order chi connectivity index (χ1) is 12.7. The minimum atomic E-state index is -0.156. The van der Waals surface area contributed by atoms with Crippen LogP contribution in [0.4, 0.5) is 0 Å². The molecule has 0 saturated heterocycles. The van der Waals surface area contributed by atoms with Crippen LogP contribution in [0.25, 0.3) is 10.9 Å². The Labute approximate surface area is 153 Å². The molecule has 4 nitrogen and oxygen atoms in total. The number of benzene rings is 2. The molecule has 3 N–H and O–H groups in total. The lowest BCUT2D eigenvalue weighted by atomic mass is 9.60. The van der Waals surface area contributed by atoms with Gasteiger partial charge in [-0.25, -0.2) is 0 Å². The number of fused-ring (bicyclic) bond motifs is 1. The maximum atomic E-state index is 12.4. The average molecular weight is 348 g/mol. The summed E-state index contributed by atoms with van der Waals surface area (Å²) in [4.78, 5) is 15.8. The minimum Gasteiger partial charge on any atom is -0.395 e. The Morgan fingerprint density at radius 1 is 1.19 bits per heavy atom. The highest BCUT2D eigenvalue weighted by Crippen LogP contribution is 2.51. The number of amides is 1. The van der Waals surface area contributed by atoms with Gasteiger partial charge in [0, 0.05) is 23.5 Å². The van der Waals surface area contributed by atoms with E-state index in [1.54, 1.807) is 0 Å². The second-order valence-electron chi connectivity index (χ2n) is 7.21. The molecule has 0 radical (unpaired) electrons. The van der Waals surface area contributed by atoms with Crippen molar-refractivity contribution in [3.05, 3.63) is 70.9 Å². The van der Waals surface area contributed by atoms with Gasteiger partial charge in [0.1, 0.15) is 0 Å². The molecule has 134 valence electrons. The van der Waals surface area contributed by atoms with Gasteiger partial charge in [0.05, 0.1) is 17.7 Å². The largest absolute Gasteiger partial charge is 0.395 e. The summed E-state index contributed by atoms with van der Waals surface area (Å²) in [6, 6.07) is 14.7. The molecule has 1 heterocycles. The molecular weight excluding hydrogens is 324 g/mol. The lowest BCUT2D eigenvalue weighted by molar-refractivity contribution is 0.0946. The minimum absolute atomic E-state index is 0.0339. The molecule has 4 rings (SSSR count). The number of aliphatic hydroxyl groups is 1. The molecule has 1 aromatic heterocycles. The third kappa shape index (κ3) is 2.61. The topological polar surface area (TPSA) is 65.1 Å². The molecule has 2 aromatic carbocycles. The van der Waals surface area contributed by atoms with Crippen LogP contribution in [0.15, 0.2) is 48.7 Å². The van der Waals surface area contributed by atoms with E-state index in [0.717, 1.165) is 23.7 Å². The predicted molar refractivity (Wildman–Crippen MR) is 104 cm³/mol. The van der Waals surface area contributed by atoms with E-state index in [-0.39, 0.29) is 24.5 Å². The second kappa shape index (κ2) is 6.61. The van der Waals surface area contributed by atoms with Crippen molar-refractivity contribution >= 4 is 16.8 Å². The van der Waals surface area contributed by atoms with Crippen LogP contribution in [-0.4, -0.2) is 29.1 Å². The van der Waals surface area contributed by atoms with Crippen LogP contribution in [0.3, 0.4) is 0 Å². The number of carbonyl (C=O) groups is 1. The number of aromatic nitrogens is 1. The molecule has 0 spiro atoms. The number of rotatable bonds is 5. The molecule has 26 heavy (non-hydrogen) atoms. The van der Waals surface area contributed by atoms with E-state index in [9.17, 15) is 4.79 Å². The number of aromatic amines is 1. The van der Waals surface area contributed by atoms with Gasteiger partial charge in [-0.2, -0.15) is 0 Å². The smallest absolute Gasteiger partial charge is 0.253 e. The Bertz CT molecular complexity index is 936. The van der Waals surface area contributed by atoms with Crippen molar-refractivity contribution in [2.45, 2.75) is 31.6 Å². The molecule has 1 amide bonds. The number of hydrogen-bond donors (Lipinski definition) is 3. The van der Waals surface area contributed by atoms with Gasteiger partial charge in [0.15, 0.2) is 0 Å². The first-order valence-corrected chi connectivity index (χ1v) is 9.22. The molecule has 0 aliphatic heterocycles. The summed E-state index contributed by atoms with van der Waals surface area (Å²) in [7, 11) is 0. The number of H-pyrrole nitrogens is 1. The molecule has 4 heteroatoms. The summed E-state index contributed by atoms with van der Waals surface area (Å²) in [6.45, 7) is 2.31. The van der Waals surface area contributed by atoms with Gasteiger partial charge in [-0.3, -0.25) is 4.79 Å². The van der Waals surface area contributed by atoms with Gasteiger partial charge in [-0.05, 0) is 37.0 Å².